The van der Waals surface area contributed by atoms with Crippen molar-refractivity contribution in [2.45, 2.75) is 202 Å². The number of fused-ring (bicyclic) bond motifs is 5. The first-order valence-electron chi connectivity index (χ1n) is 30.0. The smallest absolute Gasteiger partial charge is 0.429 e. The van der Waals surface area contributed by atoms with Gasteiger partial charge in [-0.25, -0.2) is 4.79 Å². The lowest BCUT2D eigenvalue weighted by molar-refractivity contribution is -0.128. The van der Waals surface area contributed by atoms with E-state index in [2.05, 4.69) is 68.9 Å². The molecule has 0 radical (unpaired) electrons. The van der Waals surface area contributed by atoms with E-state index in [1.807, 2.05) is 49.4 Å². The molecule has 0 aromatic heterocycles. The van der Waals surface area contributed by atoms with E-state index < -0.39 is 18.2 Å². The fourth-order valence-corrected chi connectivity index (χ4v) is 14.2. The molecule has 0 spiro atoms. The van der Waals surface area contributed by atoms with Crippen LogP contribution in [0.4, 0.5) is 10.5 Å². The van der Waals surface area contributed by atoms with Gasteiger partial charge in [0, 0.05) is 44.1 Å². The zero-order chi connectivity index (χ0) is 55.7. The molecule has 12 heteroatoms. The molecule has 4 aliphatic carbocycles. The number of carbonyl (C=O) groups excluding carboxylic acids is 5. The van der Waals surface area contributed by atoms with Crippen molar-refractivity contribution in [3.05, 3.63) is 107 Å². The summed E-state index contributed by atoms with van der Waals surface area (Å²) < 4.78 is 17.0. The molecule has 78 heavy (non-hydrogen) atoms. The Morgan fingerprint density at radius 1 is 0.731 bits per heavy atom. The van der Waals surface area contributed by atoms with Gasteiger partial charge < -0.3 is 35.5 Å². The van der Waals surface area contributed by atoms with Crippen molar-refractivity contribution < 1.29 is 38.2 Å². The summed E-state index contributed by atoms with van der Waals surface area (Å²) >= 11 is 0. The number of carbonyl (C=O) groups is 5. The Kier molecular flexibility index (Phi) is 22.5. The maximum absolute atomic E-state index is 13.7. The fraction of sp³-hybridized carbons (Fsp3) is 0.621. The zero-order valence-electron chi connectivity index (χ0n) is 48.3. The van der Waals surface area contributed by atoms with E-state index in [4.69, 9.17) is 14.2 Å². The Bertz CT molecular complexity index is 2440. The summed E-state index contributed by atoms with van der Waals surface area (Å²) in [6.45, 7) is 17.6. The Morgan fingerprint density at radius 3 is 2.23 bits per heavy atom. The maximum Gasteiger partial charge on any atom is 0.514 e. The van der Waals surface area contributed by atoms with Crippen molar-refractivity contribution >= 4 is 35.5 Å². The molecule has 0 aliphatic heterocycles. The van der Waals surface area contributed by atoms with Crippen LogP contribution in [0.1, 0.15) is 180 Å². The van der Waals surface area contributed by atoms with Crippen LogP contribution in [-0.4, -0.2) is 61.1 Å². The van der Waals surface area contributed by atoms with Gasteiger partial charge in [0.05, 0.1) is 6.10 Å². The van der Waals surface area contributed by atoms with Crippen molar-refractivity contribution in [2.75, 3.05) is 18.5 Å². The van der Waals surface area contributed by atoms with Gasteiger partial charge >= 0.3 is 6.16 Å². The van der Waals surface area contributed by atoms with Gasteiger partial charge in [-0.15, -0.1) is 0 Å². The summed E-state index contributed by atoms with van der Waals surface area (Å²) in [5, 5.41) is 11.9. The number of hydrogen-bond acceptors (Lipinski definition) is 8. The summed E-state index contributed by atoms with van der Waals surface area (Å²) in [5.41, 5.74) is 5.63. The van der Waals surface area contributed by atoms with E-state index in [1.54, 1.807) is 42.0 Å². The standard InChI is InChI=1S/C66H94N4O8/c1-8-9-11-20-59(63(74)69-51-26-23-49(24-27-51)44-77-64(75)78-53-28-21-46(4)22-29-53)70-62(73)43-52(41-48-18-12-10-13-19-48)68-61(72)34-33-60(71)67-39-15-40-76-54-35-37-65(6)50(42-54)25-30-55-57-32-31-56(47(5)17-14-16-45(2)3)66(57,7)38-36-58(55)65/h10,12-13,18-19,21-29,45,47,52,54-59H,8-9,11,14-17,20,30-44H2,1-7H3,(H,67,71)(H,68,72)(H,69,74)(H,70,73)/t47-,52+,54+,55+,56-,57+,58+,59+,65+,66-/m1/s1. The lowest BCUT2D eigenvalue weighted by atomic mass is 9.47. The number of benzene rings is 3. The average Bonchev–Trinajstić information content (AvgIpc) is 3.86. The van der Waals surface area contributed by atoms with E-state index in [0.717, 1.165) is 78.7 Å². The zero-order valence-corrected chi connectivity index (χ0v) is 48.3. The molecule has 0 saturated heterocycles. The van der Waals surface area contributed by atoms with Crippen LogP contribution in [0.15, 0.2) is 90.5 Å². The summed E-state index contributed by atoms with van der Waals surface area (Å²) in [5.74, 6) is 4.12. The molecular weight excluding hydrogens is 977 g/mol. The molecular formula is C66H94N4O8. The lowest BCUT2D eigenvalue weighted by Crippen LogP contribution is -2.51. The minimum atomic E-state index is -0.821. The van der Waals surface area contributed by atoms with Crippen molar-refractivity contribution in [3.8, 4) is 5.75 Å². The SMILES string of the molecule is CCCCC[C@H](NC(=O)C[C@H](Cc1ccccc1)NC(=O)CCC(=O)NCCCO[C@H]1CC[C@@]2(C)C(=CC[C@H]3[C@@H]4CC[C@H]([C@H](C)CCCC(C)C)[C@@]4(C)CC[C@@H]32)C1)C(=O)Nc1ccc(COC(=O)Oc2ccc(C)cc2)cc1. The summed E-state index contributed by atoms with van der Waals surface area (Å²) in [4.78, 5) is 66.0. The third-order valence-electron chi connectivity index (χ3n) is 18.5. The number of anilines is 1. The third kappa shape index (κ3) is 17.0. The quantitative estimate of drug-likeness (QED) is 0.0242. The van der Waals surface area contributed by atoms with E-state index in [9.17, 15) is 24.0 Å². The minimum absolute atomic E-state index is 0.0169. The second-order valence-electron chi connectivity index (χ2n) is 24.6. The normalized spacial score (nSPS) is 24.5. The number of unbranched alkanes of at least 4 members (excludes halogenated alkanes) is 2. The number of allylic oxidation sites excluding steroid dienone is 1. The number of ether oxygens (including phenoxy) is 3. The minimum Gasteiger partial charge on any atom is -0.429 e. The molecule has 10 atom stereocenters. The molecule has 7 rings (SSSR count). The van der Waals surface area contributed by atoms with Crippen LogP contribution in [0.5, 0.6) is 5.75 Å². The second kappa shape index (κ2) is 29.1. The predicted octanol–water partition coefficient (Wildman–Crippen LogP) is 13.5. The lowest BCUT2D eigenvalue weighted by Gasteiger charge is -2.58. The summed E-state index contributed by atoms with van der Waals surface area (Å²) in [6, 6.07) is 22.2. The highest BCUT2D eigenvalue weighted by molar-refractivity contribution is 5.97. The van der Waals surface area contributed by atoms with Crippen LogP contribution in [0, 0.1) is 53.3 Å². The van der Waals surface area contributed by atoms with Crippen LogP contribution < -0.4 is 26.0 Å². The van der Waals surface area contributed by atoms with Crippen LogP contribution in [0.25, 0.3) is 0 Å². The largest absolute Gasteiger partial charge is 0.514 e. The Balaban J connectivity index is 0.817. The summed E-state index contributed by atoms with van der Waals surface area (Å²) in [6.07, 6.45) is 20.4. The Labute approximate surface area is 467 Å². The van der Waals surface area contributed by atoms with Crippen LogP contribution >= 0.6 is 0 Å². The first kappa shape index (κ1) is 60.2. The topological polar surface area (TPSA) is 161 Å². The predicted molar refractivity (Wildman–Crippen MR) is 309 cm³/mol. The molecule has 3 aromatic carbocycles. The Hall–Kier alpha value is -5.49. The molecule has 426 valence electrons. The fourth-order valence-electron chi connectivity index (χ4n) is 14.2. The van der Waals surface area contributed by atoms with E-state index in [-0.39, 0.29) is 61.0 Å². The number of aryl methyl sites for hydroxylation is 1. The Morgan fingerprint density at radius 2 is 1.49 bits per heavy atom. The van der Waals surface area contributed by atoms with Gasteiger partial charge in [-0.1, -0.05) is 152 Å². The van der Waals surface area contributed by atoms with Crippen molar-refractivity contribution in [1.29, 1.82) is 0 Å². The van der Waals surface area contributed by atoms with E-state index >= 15 is 0 Å². The number of amides is 4. The molecule has 0 unspecified atom stereocenters. The van der Waals surface area contributed by atoms with Gasteiger partial charge in [0.2, 0.25) is 23.6 Å². The first-order valence-corrected chi connectivity index (χ1v) is 30.0. The van der Waals surface area contributed by atoms with Gasteiger partial charge in [0.25, 0.3) is 0 Å². The third-order valence-corrected chi connectivity index (χ3v) is 18.5. The molecule has 4 amide bonds. The molecule has 3 saturated carbocycles. The first-order chi connectivity index (χ1) is 37.5. The van der Waals surface area contributed by atoms with Crippen LogP contribution in [-0.2, 0) is 41.7 Å². The molecule has 4 N–H and O–H groups in total. The molecule has 3 aromatic rings. The summed E-state index contributed by atoms with van der Waals surface area (Å²) in [7, 11) is 0. The van der Waals surface area contributed by atoms with Crippen LogP contribution in [0.3, 0.4) is 0 Å². The van der Waals surface area contributed by atoms with Crippen molar-refractivity contribution in [3.63, 3.8) is 0 Å². The monoisotopic (exact) mass is 1070 g/mol. The van der Waals surface area contributed by atoms with Crippen LogP contribution in [0.2, 0.25) is 0 Å². The van der Waals surface area contributed by atoms with E-state index in [0.29, 0.717) is 54.8 Å². The van der Waals surface area contributed by atoms with Gasteiger partial charge in [-0.2, -0.15) is 0 Å². The van der Waals surface area contributed by atoms with Gasteiger partial charge in [-0.3, -0.25) is 19.2 Å². The molecule has 4 aliphatic rings. The van der Waals surface area contributed by atoms with Crippen molar-refractivity contribution in [2.24, 2.45) is 46.3 Å². The highest BCUT2D eigenvalue weighted by Crippen LogP contribution is 2.67. The van der Waals surface area contributed by atoms with Gasteiger partial charge in [-0.05, 0) is 159 Å². The van der Waals surface area contributed by atoms with E-state index in [1.165, 1.54) is 57.8 Å². The maximum atomic E-state index is 13.7. The number of hydrogen-bond donors (Lipinski definition) is 4. The highest BCUT2D eigenvalue weighted by Gasteiger charge is 2.59. The molecule has 12 nitrogen and oxygen atoms in total. The molecule has 0 heterocycles. The average molecular weight is 1070 g/mol. The molecule has 3 fully saturated rings. The number of rotatable bonds is 28. The van der Waals surface area contributed by atoms with Gasteiger partial charge in [0.1, 0.15) is 18.4 Å². The second-order valence-corrected chi connectivity index (χ2v) is 24.6. The highest BCUT2D eigenvalue weighted by atomic mass is 16.7. The van der Waals surface area contributed by atoms with Crippen molar-refractivity contribution in [1.82, 2.24) is 16.0 Å². The van der Waals surface area contributed by atoms with Gasteiger partial charge in [0.15, 0.2) is 0 Å². The molecule has 0 bridgehead atoms. The number of nitrogens with one attached hydrogen (secondary N) is 4.